The minimum Gasteiger partial charge on any atom is -0.457 e. The van der Waals surface area contributed by atoms with Crippen LogP contribution in [0, 0.1) is 5.92 Å². The van der Waals surface area contributed by atoms with Gasteiger partial charge in [0, 0.05) is 14.9 Å². The van der Waals surface area contributed by atoms with Crippen LogP contribution in [-0.4, -0.2) is 5.91 Å². The lowest BCUT2D eigenvalue weighted by Gasteiger charge is -2.25. The number of carbonyl (C=O) groups is 1. The van der Waals surface area contributed by atoms with E-state index in [0.29, 0.717) is 11.7 Å². The summed E-state index contributed by atoms with van der Waals surface area (Å²) in [5.74, 6) is 2.20. The van der Waals surface area contributed by atoms with Gasteiger partial charge in [0.1, 0.15) is 16.5 Å². The van der Waals surface area contributed by atoms with Crippen LogP contribution in [0.15, 0.2) is 45.3 Å². The highest BCUT2D eigenvalue weighted by atomic mass is 79.9. The predicted molar refractivity (Wildman–Crippen MR) is 111 cm³/mol. The minimum atomic E-state index is -0.341. The molecule has 0 bridgehead atoms. The topological polar surface area (TPSA) is 54.3 Å². The molecule has 27 heavy (non-hydrogen) atoms. The Kier molecular flexibility index (Phi) is 4.13. The van der Waals surface area contributed by atoms with E-state index in [2.05, 4.69) is 33.5 Å². The predicted octanol–water partition coefficient (Wildman–Crippen LogP) is 5.75. The van der Waals surface area contributed by atoms with E-state index in [1.807, 2.05) is 36.4 Å². The third-order valence-electron chi connectivity index (χ3n) is 5.33. The smallest absolute Gasteiger partial charge is 0.256 e. The fourth-order valence-electron chi connectivity index (χ4n) is 3.88. The van der Waals surface area contributed by atoms with Gasteiger partial charge in [0.25, 0.3) is 5.91 Å². The lowest BCUT2D eigenvalue weighted by atomic mass is 9.88. The van der Waals surface area contributed by atoms with E-state index < -0.39 is 0 Å². The fraction of sp³-hybridized carbons (Fsp3) is 0.286. The molecule has 3 heterocycles. The van der Waals surface area contributed by atoms with Crippen molar-refractivity contribution in [3.8, 4) is 11.3 Å². The quantitative estimate of drug-likeness (QED) is 0.530. The number of furan rings is 1. The highest BCUT2D eigenvalue weighted by Crippen LogP contribution is 2.42. The van der Waals surface area contributed by atoms with Crippen molar-refractivity contribution in [1.29, 1.82) is 0 Å². The zero-order valence-corrected chi connectivity index (χ0v) is 17.2. The van der Waals surface area contributed by atoms with Crippen molar-refractivity contribution in [2.24, 2.45) is 5.92 Å². The molecular weight excluding hydrogens is 424 g/mol. The molecule has 1 aliphatic heterocycles. The van der Waals surface area contributed by atoms with Gasteiger partial charge in [-0.05, 0) is 55.0 Å². The van der Waals surface area contributed by atoms with Crippen LogP contribution < -0.4 is 10.6 Å². The summed E-state index contributed by atoms with van der Waals surface area (Å²) >= 11 is 5.18. The number of amides is 1. The Morgan fingerprint density at radius 2 is 1.96 bits per heavy atom. The number of benzene rings is 1. The molecule has 0 saturated carbocycles. The molecule has 1 aliphatic carbocycles. The van der Waals surface area contributed by atoms with Gasteiger partial charge < -0.3 is 15.1 Å². The fourth-order valence-corrected chi connectivity index (χ4v) is 5.58. The lowest BCUT2D eigenvalue weighted by molar-refractivity contribution is 0.0930. The normalized spacial score (nSPS) is 21.2. The standard InChI is InChI=1S/C21H19BrN2O2S/c1-11-2-7-14-17(10-11)27-21-18(14)20(25)23-19(24-21)16-9-8-15(26-16)12-3-5-13(22)6-4-12/h3-6,8-9,11,19,24H,2,7,10H2,1H3,(H,23,25)/t11-,19+/m0/s1. The first-order valence-electron chi connectivity index (χ1n) is 9.16. The van der Waals surface area contributed by atoms with Crippen molar-refractivity contribution in [1.82, 2.24) is 5.32 Å². The third kappa shape index (κ3) is 3.01. The number of fused-ring (bicyclic) bond motifs is 3. The summed E-state index contributed by atoms with van der Waals surface area (Å²) in [5, 5.41) is 7.52. The van der Waals surface area contributed by atoms with Crippen molar-refractivity contribution < 1.29 is 9.21 Å². The second-order valence-electron chi connectivity index (χ2n) is 7.32. The van der Waals surface area contributed by atoms with Crippen molar-refractivity contribution in [2.75, 3.05) is 5.32 Å². The second-order valence-corrected chi connectivity index (χ2v) is 9.34. The van der Waals surface area contributed by atoms with Gasteiger partial charge >= 0.3 is 0 Å². The van der Waals surface area contributed by atoms with Crippen LogP contribution in [-0.2, 0) is 12.8 Å². The Labute approximate surface area is 170 Å². The van der Waals surface area contributed by atoms with Crippen LogP contribution in [0.3, 0.4) is 0 Å². The van der Waals surface area contributed by atoms with Crippen molar-refractivity contribution in [3.63, 3.8) is 0 Å². The van der Waals surface area contributed by atoms with Gasteiger partial charge in [-0.3, -0.25) is 4.79 Å². The molecule has 0 saturated heterocycles. The van der Waals surface area contributed by atoms with Crippen LogP contribution in [0.1, 0.15) is 46.1 Å². The van der Waals surface area contributed by atoms with E-state index >= 15 is 0 Å². The first-order chi connectivity index (χ1) is 13.1. The number of nitrogens with one attached hydrogen (secondary N) is 2. The van der Waals surface area contributed by atoms with Gasteiger partial charge in [-0.2, -0.15) is 0 Å². The maximum absolute atomic E-state index is 12.8. The molecule has 0 fully saturated rings. The van der Waals surface area contributed by atoms with E-state index in [0.717, 1.165) is 45.6 Å². The van der Waals surface area contributed by atoms with E-state index in [1.54, 1.807) is 11.3 Å². The van der Waals surface area contributed by atoms with Crippen LogP contribution in [0.5, 0.6) is 0 Å². The Morgan fingerprint density at radius 3 is 2.78 bits per heavy atom. The molecule has 2 aliphatic rings. The molecule has 2 aromatic heterocycles. The number of carbonyl (C=O) groups excluding carboxylic acids is 1. The van der Waals surface area contributed by atoms with Crippen LogP contribution in [0.4, 0.5) is 5.00 Å². The molecule has 1 amide bonds. The summed E-state index contributed by atoms with van der Waals surface area (Å²) in [5.41, 5.74) is 3.09. The molecule has 0 radical (unpaired) electrons. The largest absolute Gasteiger partial charge is 0.457 e. The van der Waals surface area contributed by atoms with E-state index in [-0.39, 0.29) is 12.1 Å². The molecule has 1 aromatic carbocycles. The van der Waals surface area contributed by atoms with Crippen molar-refractivity contribution >= 4 is 38.2 Å². The van der Waals surface area contributed by atoms with Gasteiger partial charge in [-0.1, -0.05) is 35.0 Å². The lowest BCUT2D eigenvalue weighted by Crippen LogP contribution is -2.38. The van der Waals surface area contributed by atoms with Crippen LogP contribution in [0.2, 0.25) is 0 Å². The maximum Gasteiger partial charge on any atom is 0.256 e. The summed E-state index contributed by atoms with van der Waals surface area (Å²) in [7, 11) is 0. The molecule has 5 rings (SSSR count). The number of rotatable bonds is 2. The summed E-state index contributed by atoms with van der Waals surface area (Å²) in [6, 6.07) is 11.9. The van der Waals surface area contributed by atoms with Gasteiger partial charge in [0.15, 0.2) is 6.17 Å². The number of hydrogen-bond donors (Lipinski definition) is 2. The van der Waals surface area contributed by atoms with Crippen LogP contribution in [0.25, 0.3) is 11.3 Å². The van der Waals surface area contributed by atoms with E-state index in [1.165, 1.54) is 10.4 Å². The number of anilines is 1. The average molecular weight is 443 g/mol. The summed E-state index contributed by atoms with van der Waals surface area (Å²) in [4.78, 5) is 14.2. The number of thiophene rings is 1. The number of halogens is 1. The summed E-state index contributed by atoms with van der Waals surface area (Å²) in [6.45, 7) is 2.28. The first-order valence-corrected chi connectivity index (χ1v) is 10.8. The Balaban J connectivity index is 1.44. The highest BCUT2D eigenvalue weighted by molar-refractivity contribution is 9.10. The average Bonchev–Trinajstić information content (AvgIpc) is 3.26. The van der Waals surface area contributed by atoms with Gasteiger partial charge in [-0.15, -0.1) is 11.3 Å². The SMILES string of the molecule is C[C@H]1CCc2c(sc3c2C(=O)N[C@@H](c2ccc(-c4ccc(Br)cc4)o2)N3)C1. The van der Waals surface area contributed by atoms with Crippen molar-refractivity contribution in [2.45, 2.75) is 32.4 Å². The molecule has 6 heteroatoms. The monoisotopic (exact) mass is 442 g/mol. The zero-order valence-electron chi connectivity index (χ0n) is 14.8. The van der Waals surface area contributed by atoms with Crippen molar-refractivity contribution in [3.05, 3.63) is 62.6 Å². The Morgan fingerprint density at radius 1 is 1.15 bits per heavy atom. The molecule has 3 aromatic rings. The summed E-state index contributed by atoms with van der Waals surface area (Å²) < 4.78 is 7.07. The number of hydrogen-bond acceptors (Lipinski definition) is 4. The second kappa shape index (κ2) is 6.53. The molecule has 0 spiro atoms. The molecule has 2 atom stereocenters. The molecule has 4 nitrogen and oxygen atoms in total. The zero-order chi connectivity index (χ0) is 18.5. The van der Waals surface area contributed by atoms with Crippen LogP contribution >= 0.6 is 27.3 Å². The molecular formula is C21H19BrN2O2S. The van der Waals surface area contributed by atoms with E-state index in [9.17, 15) is 4.79 Å². The van der Waals surface area contributed by atoms with E-state index in [4.69, 9.17) is 4.42 Å². The van der Waals surface area contributed by atoms with Gasteiger partial charge in [0.05, 0.1) is 5.56 Å². The highest BCUT2D eigenvalue weighted by Gasteiger charge is 2.34. The third-order valence-corrected chi connectivity index (χ3v) is 7.04. The molecule has 138 valence electrons. The molecule has 2 N–H and O–H groups in total. The molecule has 0 unspecified atom stereocenters. The Bertz CT molecular complexity index is 1020. The maximum atomic E-state index is 12.8. The van der Waals surface area contributed by atoms with Gasteiger partial charge in [-0.25, -0.2) is 0 Å². The Hall–Kier alpha value is -2.05. The van der Waals surface area contributed by atoms with Gasteiger partial charge in [0.2, 0.25) is 0 Å². The minimum absolute atomic E-state index is 0.00222. The first kappa shape index (κ1) is 17.1. The summed E-state index contributed by atoms with van der Waals surface area (Å²) in [6.07, 6.45) is 2.88.